The van der Waals surface area contributed by atoms with Crippen molar-refractivity contribution in [1.82, 2.24) is 14.5 Å². The van der Waals surface area contributed by atoms with Crippen molar-refractivity contribution >= 4 is 27.7 Å². The highest BCUT2D eigenvalue weighted by molar-refractivity contribution is 5.87. The molecule has 1 aliphatic heterocycles. The van der Waals surface area contributed by atoms with Crippen LogP contribution in [0, 0.1) is 6.92 Å². The molecule has 0 spiro atoms. The Balaban J connectivity index is 1.32. The van der Waals surface area contributed by atoms with Crippen molar-refractivity contribution in [3.05, 3.63) is 65.5 Å². The van der Waals surface area contributed by atoms with Crippen LogP contribution in [0.4, 0.5) is 0 Å². The molecular formula is C24H25N3O2. The lowest BCUT2D eigenvalue weighted by atomic mass is 10.0. The topological polar surface area (TPSA) is 50.3 Å². The standard InChI is InChI=1S/C24H25N3O2/c1-16-3-6-23-17(13-16)7-10-26(23)12-9-24(28)27-11-8-22-20(15-27)19-14-18(29-2)4-5-21(19)25-22/h3-7,10,13-14,25H,8-9,11-12,15H2,1-2H3. The predicted octanol–water partition coefficient (Wildman–Crippen LogP) is 4.41. The molecule has 0 radical (unpaired) electrons. The van der Waals surface area contributed by atoms with Crippen molar-refractivity contribution in [2.45, 2.75) is 32.9 Å². The number of aromatic amines is 1. The number of hydrogen-bond donors (Lipinski definition) is 1. The molecule has 1 N–H and O–H groups in total. The van der Waals surface area contributed by atoms with E-state index in [4.69, 9.17) is 4.74 Å². The zero-order chi connectivity index (χ0) is 20.0. The summed E-state index contributed by atoms with van der Waals surface area (Å²) in [6.07, 6.45) is 3.46. The molecule has 0 saturated carbocycles. The Morgan fingerprint density at radius 1 is 1.17 bits per heavy atom. The summed E-state index contributed by atoms with van der Waals surface area (Å²) in [6.45, 7) is 4.23. The van der Waals surface area contributed by atoms with E-state index in [1.165, 1.54) is 27.7 Å². The normalized spacial score (nSPS) is 13.8. The summed E-state index contributed by atoms with van der Waals surface area (Å²) in [4.78, 5) is 18.5. The molecule has 4 aromatic rings. The van der Waals surface area contributed by atoms with Crippen LogP contribution in [0.15, 0.2) is 48.7 Å². The summed E-state index contributed by atoms with van der Waals surface area (Å²) in [7, 11) is 1.68. The van der Waals surface area contributed by atoms with Gasteiger partial charge >= 0.3 is 0 Å². The molecule has 1 amide bonds. The molecule has 0 saturated heterocycles. The van der Waals surface area contributed by atoms with E-state index >= 15 is 0 Å². The van der Waals surface area contributed by atoms with Gasteiger partial charge in [-0.2, -0.15) is 0 Å². The predicted molar refractivity (Wildman–Crippen MR) is 115 cm³/mol. The van der Waals surface area contributed by atoms with E-state index < -0.39 is 0 Å². The van der Waals surface area contributed by atoms with Gasteiger partial charge in [-0.05, 0) is 48.7 Å². The molecule has 3 heterocycles. The van der Waals surface area contributed by atoms with Crippen molar-refractivity contribution in [2.24, 2.45) is 0 Å². The number of aryl methyl sites for hydroxylation is 2. The molecule has 5 heteroatoms. The number of H-pyrrole nitrogens is 1. The van der Waals surface area contributed by atoms with Gasteiger partial charge in [0.05, 0.1) is 7.11 Å². The number of aromatic nitrogens is 2. The van der Waals surface area contributed by atoms with Crippen LogP contribution >= 0.6 is 0 Å². The van der Waals surface area contributed by atoms with Gasteiger partial charge in [0.25, 0.3) is 0 Å². The van der Waals surface area contributed by atoms with Gasteiger partial charge in [0.1, 0.15) is 5.75 Å². The van der Waals surface area contributed by atoms with Crippen LogP contribution in [-0.2, 0) is 24.3 Å². The second kappa shape index (κ2) is 6.99. The second-order valence-corrected chi connectivity index (χ2v) is 7.88. The van der Waals surface area contributed by atoms with Gasteiger partial charge in [-0.15, -0.1) is 0 Å². The van der Waals surface area contributed by atoms with E-state index in [1.807, 2.05) is 11.0 Å². The highest BCUT2D eigenvalue weighted by Crippen LogP contribution is 2.30. The lowest BCUT2D eigenvalue weighted by molar-refractivity contribution is -0.132. The number of fused-ring (bicyclic) bond motifs is 4. The molecule has 0 aliphatic carbocycles. The average molecular weight is 387 g/mol. The van der Waals surface area contributed by atoms with Crippen LogP contribution in [0.3, 0.4) is 0 Å². The maximum absolute atomic E-state index is 13.0. The van der Waals surface area contributed by atoms with Gasteiger partial charge in [-0.3, -0.25) is 4.79 Å². The Labute approximate surface area is 169 Å². The minimum atomic E-state index is 0.210. The van der Waals surface area contributed by atoms with Crippen LogP contribution in [-0.4, -0.2) is 34.0 Å². The first kappa shape index (κ1) is 17.9. The Kier molecular flexibility index (Phi) is 4.31. The SMILES string of the molecule is COc1ccc2[nH]c3c(c2c1)CN(C(=O)CCn1ccc2cc(C)ccc21)CC3. The number of benzene rings is 2. The molecule has 0 fully saturated rings. The minimum absolute atomic E-state index is 0.210. The van der Waals surface area contributed by atoms with Gasteiger partial charge in [0.2, 0.25) is 5.91 Å². The van der Waals surface area contributed by atoms with Crippen molar-refractivity contribution in [1.29, 1.82) is 0 Å². The van der Waals surface area contributed by atoms with Crippen LogP contribution < -0.4 is 4.74 Å². The molecule has 0 atom stereocenters. The molecular weight excluding hydrogens is 362 g/mol. The fraction of sp³-hybridized carbons (Fsp3) is 0.292. The maximum atomic E-state index is 13.0. The highest BCUT2D eigenvalue weighted by atomic mass is 16.5. The molecule has 2 aromatic carbocycles. The lowest BCUT2D eigenvalue weighted by Gasteiger charge is -2.27. The summed E-state index contributed by atoms with van der Waals surface area (Å²) >= 11 is 0. The monoisotopic (exact) mass is 387 g/mol. The summed E-state index contributed by atoms with van der Waals surface area (Å²) in [5.41, 5.74) is 6.02. The molecule has 29 heavy (non-hydrogen) atoms. The number of nitrogens with zero attached hydrogens (tertiary/aromatic N) is 2. The zero-order valence-electron chi connectivity index (χ0n) is 16.9. The summed E-state index contributed by atoms with van der Waals surface area (Å²) in [5.74, 6) is 1.05. The number of nitrogens with one attached hydrogen (secondary N) is 1. The van der Waals surface area contributed by atoms with Crippen molar-refractivity contribution < 1.29 is 9.53 Å². The van der Waals surface area contributed by atoms with Crippen molar-refractivity contribution in [3.63, 3.8) is 0 Å². The molecule has 148 valence electrons. The van der Waals surface area contributed by atoms with E-state index in [2.05, 4.69) is 59.1 Å². The number of rotatable bonds is 4. The van der Waals surface area contributed by atoms with Crippen LogP contribution in [0.1, 0.15) is 23.2 Å². The van der Waals surface area contributed by atoms with Gasteiger partial charge in [-0.1, -0.05) is 11.6 Å². The number of hydrogen-bond acceptors (Lipinski definition) is 2. The Bertz CT molecular complexity index is 1220. The number of carbonyl (C=O) groups excluding carboxylic acids is 1. The first-order chi connectivity index (χ1) is 14.1. The summed E-state index contributed by atoms with van der Waals surface area (Å²) in [5, 5.41) is 2.39. The first-order valence-electron chi connectivity index (χ1n) is 10.1. The third kappa shape index (κ3) is 3.16. The molecule has 5 nitrogen and oxygen atoms in total. The lowest BCUT2D eigenvalue weighted by Crippen LogP contribution is -2.36. The number of carbonyl (C=O) groups is 1. The number of methoxy groups -OCH3 is 1. The van der Waals surface area contributed by atoms with Gasteiger partial charge in [-0.25, -0.2) is 0 Å². The molecule has 0 unspecified atom stereocenters. The quantitative estimate of drug-likeness (QED) is 0.564. The third-order valence-electron chi connectivity index (χ3n) is 6.03. The number of amides is 1. The fourth-order valence-electron chi connectivity index (χ4n) is 4.42. The Morgan fingerprint density at radius 3 is 2.93 bits per heavy atom. The minimum Gasteiger partial charge on any atom is -0.497 e. The van der Waals surface area contributed by atoms with Crippen molar-refractivity contribution in [3.8, 4) is 5.75 Å². The number of ether oxygens (including phenoxy) is 1. The fourth-order valence-corrected chi connectivity index (χ4v) is 4.42. The van der Waals surface area contributed by atoms with E-state index in [0.717, 1.165) is 29.6 Å². The van der Waals surface area contributed by atoms with Gasteiger partial charge in [0.15, 0.2) is 0 Å². The average Bonchev–Trinajstić information content (AvgIpc) is 3.31. The smallest absolute Gasteiger partial charge is 0.224 e. The Hall–Kier alpha value is -3.21. The molecule has 1 aliphatic rings. The second-order valence-electron chi connectivity index (χ2n) is 7.88. The largest absolute Gasteiger partial charge is 0.497 e. The zero-order valence-corrected chi connectivity index (χ0v) is 16.9. The van der Waals surface area contributed by atoms with Gasteiger partial charge < -0.3 is 19.2 Å². The van der Waals surface area contributed by atoms with Crippen molar-refractivity contribution in [2.75, 3.05) is 13.7 Å². The van der Waals surface area contributed by atoms with Crippen LogP contribution in [0.2, 0.25) is 0 Å². The van der Waals surface area contributed by atoms with E-state index in [9.17, 15) is 4.79 Å². The first-order valence-corrected chi connectivity index (χ1v) is 10.1. The van der Waals surface area contributed by atoms with Crippen LogP contribution in [0.5, 0.6) is 5.75 Å². The Morgan fingerprint density at radius 2 is 2.07 bits per heavy atom. The molecule has 0 bridgehead atoms. The van der Waals surface area contributed by atoms with Gasteiger partial charge in [0, 0.05) is 66.3 Å². The third-order valence-corrected chi connectivity index (χ3v) is 6.03. The molecule has 5 rings (SSSR count). The van der Waals surface area contributed by atoms with E-state index in [0.29, 0.717) is 19.5 Å². The molecule has 2 aromatic heterocycles. The van der Waals surface area contributed by atoms with Crippen LogP contribution in [0.25, 0.3) is 21.8 Å². The summed E-state index contributed by atoms with van der Waals surface area (Å²) < 4.78 is 7.56. The van der Waals surface area contributed by atoms with E-state index in [-0.39, 0.29) is 5.91 Å². The maximum Gasteiger partial charge on any atom is 0.224 e. The summed E-state index contributed by atoms with van der Waals surface area (Å²) in [6, 6.07) is 14.7. The highest BCUT2D eigenvalue weighted by Gasteiger charge is 2.24. The van der Waals surface area contributed by atoms with E-state index in [1.54, 1.807) is 7.11 Å².